The first-order valence-corrected chi connectivity index (χ1v) is 21.9. The van der Waals surface area contributed by atoms with Crippen LogP contribution in [0.5, 0.6) is 0 Å². The van der Waals surface area contributed by atoms with Gasteiger partial charge in [-0.05, 0) is 53.8 Å². The second-order valence-electron chi connectivity index (χ2n) is 16.7. The number of oxazole rings is 1. The van der Waals surface area contributed by atoms with Crippen molar-refractivity contribution in [2.75, 3.05) is 99.9 Å². The molecule has 2 amide bonds. The van der Waals surface area contributed by atoms with Gasteiger partial charge in [0.05, 0.1) is 37.1 Å². The minimum Gasteiger partial charge on any atom is -0.424 e. The van der Waals surface area contributed by atoms with Gasteiger partial charge < -0.3 is 40.2 Å². The largest absolute Gasteiger partial charge is 0.424 e. The molecule has 20 nitrogen and oxygen atoms in total. The Bertz CT molecular complexity index is 2830. The molecule has 334 valence electrons. The number of benzene rings is 2. The van der Waals surface area contributed by atoms with Gasteiger partial charge >= 0.3 is 0 Å². The van der Waals surface area contributed by atoms with Gasteiger partial charge in [-0.1, -0.05) is 18.2 Å². The van der Waals surface area contributed by atoms with E-state index in [-0.39, 0.29) is 17.8 Å². The minimum atomic E-state index is -0.0899. The van der Waals surface area contributed by atoms with Gasteiger partial charge in [-0.3, -0.25) is 14.5 Å². The highest BCUT2D eigenvalue weighted by atomic mass is 16.5. The van der Waals surface area contributed by atoms with Crippen LogP contribution in [0.15, 0.2) is 71.9 Å². The van der Waals surface area contributed by atoms with Gasteiger partial charge in [0.1, 0.15) is 23.4 Å². The van der Waals surface area contributed by atoms with E-state index in [0.717, 1.165) is 68.1 Å². The van der Waals surface area contributed by atoms with Crippen molar-refractivity contribution in [3.8, 4) is 11.3 Å². The van der Waals surface area contributed by atoms with Crippen LogP contribution in [0.2, 0.25) is 0 Å². The molecule has 2 aromatic carbocycles. The number of anilines is 4. The van der Waals surface area contributed by atoms with Crippen molar-refractivity contribution >= 4 is 57.7 Å². The van der Waals surface area contributed by atoms with Crippen molar-refractivity contribution in [3.05, 3.63) is 95.3 Å². The Hall–Kier alpha value is -7.32. The van der Waals surface area contributed by atoms with Gasteiger partial charge in [-0.25, -0.2) is 34.6 Å². The maximum Gasteiger partial charge on any atom is 0.292 e. The smallest absolute Gasteiger partial charge is 0.292 e. The number of aromatic nitrogens is 9. The van der Waals surface area contributed by atoms with Crippen LogP contribution in [0.3, 0.4) is 0 Å². The van der Waals surface area contributed by atoms with Crippen LogP contribution in [0.25, 0.3) is 33.4 Å². The van der Waals surface area contributed by atoms with Crippen LogP contribution in [0.4, 0.5) is 23.7 Å². The predicted molar refractivity (Wildman–Crippen MR) is 243 cm³/mol. The van der Waals surface area contributed by atoms with E-state index in [4.69, 9.17) is 25.7 Å². The van der Waals surface area contributed by atoms with Gasteiger partial charge in [0.2, 0.25) is 17.8 Å². The fraction of sp³-hybridized carbons (Fsp3) is 0.378. The number of hydrogen-bond acceptors (Lipinski definition) is 17. The van der Waals surface area contributed by atoms with Crippen LogP contribution in [-0.2, 0) is 29.0 Å². The summed E-state index contributed by atoms with van der Waals surface area (Å²) in [6.45, 7) is 11.3. The highest BCUT2D eigenvalue weighted by Crippen LogP contribution is 2.33. The molecule has 0 aliphatic carbocycles. The standard InChI is InChI=1S/C45H50N16O4/c1-29-22-48-44(49-23-29)59-15-13-57(14-16-59)37(62)7-18-64-19-17-56-9-11-58(12-10-56)45-50-24-34(25-51-45)42(63)60-8-6-31-20-30(2-3-33(31)27-60)26-61-41-38(40(46)52-28-53-41)39(55-61)32-4-5-36-35(21-32)54-43(47)65-36/h2-5,20-25,28H,6-19,26-27H2,1H3,(H2,47,54)(H2,46,52,53). The summed E-state index contributed by atoms with van der Waals surface area (Å²) in [5.74, 6) is 1.70. The molecule has 0 unspecified atom stereocenters. The monoisotopic (exact) mass is 878 g/mol. The molecule has 3 aliphatic heterocycles. The molecule has 3 aliphatic rings. The second kappa shape index (κ2) is 18.0. The van der Waals surface area contributed by atoms with Crippen LogP contribution >= 0.6 is 0 Å². The van der Waals surface area contributed by atoms with Gasteiger partial charge in [0, 0.05) is 102 Å². The number of aryl methyl sites for hydroxylation is 1. The first-order chi connectivity index (χ1) is 31.7. The Morgan fingerprint density at radius 1 is 0.769 bits per heavy atom. The molecule has 2 fully saturated rings. The van der Waals surface area contributed by atoms with E-state index >= 15 is 0 Å². The lowest BCUT2D eigenvalue weighted by molar-refractivity contribution is -0.132. The summed E-state index contributed by atoms with van der Waals surface area (Å²) in [7, 11) is 0. The fourth-order valence-electron chi connectivity index (χ4n) is 8.75. The Balaban J connectivity index is 0.672. The quantitative estimate of drug-likeness (QED) is 0.168. The highest BCUT2D eigenvalue weighted by molar-refractivity contribution is 5.99. The van der Waals surface area contributed by atoms with E-state index in [9.17, 15) is 9.59 Å². The van der Waals surface area contributed by atoms with Crippen molar-refractivity contribution < 1.29 is 18.7 Å². The van der Waals surface area contributed by atoms with Crippen LogP contribution in [0, 0.1) is 6.92 Å². The Morgan fingerprint density at radius 2 is 1.51 bits per heavy atom. The lowest BCUT2D eigenvalue weighted by Gasteiger charge is -2.35. The molecule has 4 N–H and O–H groups in total. The Labute approximate surface area is 374 Å². The average molecular weight is 879 g/mol. The van der Waals surface area contributed by atoms with Gasteiger partial charge in [0.15, 0.2) is 11.2 Å². The van der Waals surface area contributed by atoms with E-state index in [1.165, 1.54) is 11.9 Å². The molecule has 0 bridgehead atoms. The van der Waals surface area contributed by atoms with Gasteiger partial charge in [-0.15, -0.1) is 0 Å². The van der Waals surface area contributed by atoms with Crippen LogP contribution < -0.4 is 21.3 Å². The number of carbonyl (C=O) groups is 2. The summed E-state index contributed by atoms with van der Waals surface area (Å²) in [4.78, 5) is 67.9. The lowest BCUT2D eigenvalue weighted by Crippen LogP contribution is -2.49. The van der Waals surface area contributed by atoms with E-state index in [1.807, 2.05) is 52.0 Å². The fourth-order valence-corrected chi connectivity index (χ4v) is 8.75. The normalized spacial score (nSPS) is 15.8. The van der Waals surface area contributed by atoms with Crippen LogP contribution in [0.1, 0.15) is 39.0 Å². The molecule has 8 heterocycles. The van der Waals surface area contributed by atoms with Crippen molar-refractivity contribution in [2.45, 2.75) is 32.9 Å². The molecule has 65 heavy (non-hydrogen) atoms. The summed E-state index contributed by atoms with van der Waals surface area (Å²) in [5, 5.41) is 5.61. The zero-order valence-corrected chi connectivity index (χ0v) is 36.2. The number of nitrogens with zero attached hydrogens (tertiary/aromatic N) is 14. The van der Waals surface area contributed by atoms with Crippen LogP contribution in [-0.4, -0.2) is 150 Å². The summed E-state index contributed by atoms with van der Waals surface area (Å²) in [5.41, 5.74) is 20.2. The molecule has 0 atom stereocenters. The molecule has 0 spiro atoms. The van der Waals surface area contributed by atoms with Crippen molar-refractivity contribution in [1.82, 2.24) is 59.4 Å². The molecule has 0 radical (unpaired) electrons. The zero-order chi connectivity index (χ0) is 44.4. The van der Waals surface area contributed by atoms with E-state index in [2.05, 4.69) is 67.8 Å². The van der Waals surface area contributed by atoms with Crippen molar-refractivity contribution in [3.63, 3.8) is 0 Å². The summed E-state index contributed by atoms with van der Waals surface area (Å²) < 4.78 is 13.2. The maximum atomic E-state index is 13.7. The van der Waals surface area contributed by atoms with Crippen molar-refractivity contribution in [1.29, 1.82) is 0 Å². The zero-order valence-electron chi connectivity index (χ0n) is 36.2. The topological polar surface area (TPSA) is 233 Å². The molecule has 5 aromatic heterocycles. The molecule has 10 rings (SSSR count). The number of amides is 2. The number of ether oxygens (including phenoxy) is 1. The molecule has 0 saturated carbocycles. The maximum absolute atomic E-state index is 13.7. The predicted octanol–water partition coefficient (Wildman–Crippen LogP) is 2.81. The first-order valence-electron chi connectivity index (χ1n) is 21.9. The minimum absolute atomic E-state index is 0.0899. The third-order valence-corrected chi connectivity index (χ3v) is 12.4. The number of nitrogens with two attached hydrogens (primary N) is 2. The highest BCUT2D eigenvalue weighted by Gasteiger charge is 2.26. The number of rotatable bonds is 12. The number of nitrogen functional groups attached to an aromatic ring is 2. The third kappa shape index (κ3) is 8.94. The average Bonchev–Trinajstić information content (AvgIpc) is 3.91. The molecular formula is C45H50N16O4. The Kier molecular flexibility index (Phi) is 11.6. The number of piperazine rings is 2. The SMILES string of the molecule is Cc1cnc(N2CCN(C(=O)CCOCCN3CCN(c4ncc(C(=O)N5CCc6cc(Cn7nc(-c8ccc9oc(N)nc9c8)c8c(N)ncnc87)ccc6C5)cn4)CC3)CC2)nc1. The Morgan fingerprint density at radius 3 is 2.28 bits per heavy atom. The molecule has 20 heteroatoms. The summed E-state index contributed by atoms with van der Waals surface area (Å²) in [6, 6.07) is 12.0. The molecular weight excluding hydrogens is 829 g/mol. The summed E-state index contributed by atoms with van der Waals surface area (Å²) >= 11 is 0. The molecule has 7 aromatic rings. The number of hydrogen-bond donors (Lipinski definition) is 2. The second-order valence-corrected chi connectivity index (χ2v) is 16.7. The van der Waals surface area contributed by atoms with Gasteiger partial charge in [0.25, 0.3) is 11.9 Å². The lowest BCUT2D eigenvalue weighted by atomic mass is 9.97. The van der Waals surface area contributed by atoms with Crippen molar-refractivity contribution in [2.24, 2.45) is 0 Å². The number of fused-ring (bicyclic) bond motifs is 3. The van der Waals surface area contributed by atoms with E-state index < -0.39 is 0 Å². The van der Waals surface area contributed by atoms with Gasteiger partial charge in [-0.2, -0.15) is 10.1 Å². The summed E-state index contributed by atoms with van der Waals surface area (Å²) in [6.07, 6.45) is 9.45. The third-order valence-electron chi connectivity index (χ3n) is 12.4. The number of carbonyl (C=O) groups excluding carboxylic acids is 2. The first kappa shape index (κ1) is 41.7. The van der Waals surface area contributed by atoms with E-state index in [0.29, 0.717) is 110 Å². The molecule has 2 saturated heterocycles. The van der Waals surface area contributed by atoms with E-state index in [1.54, 1.807) is 12.4 Å².